The lowest BCUT2D eigenvalue weighted by Gasteiger charge is -2.36. The highest BCUT2D eigenvalue weighted by molar-refractivity contribution is 7.86. The zero-order valence-electron chi connectivity index (χ0n) is 14.9. The lowest BCUT2D eigenvalue weighted by atomic mass is 10.4. The molecule has 1 aliphatic rings. The molecular formula is C14H28N4O5S. The predicted octanol–water partition coefficient (Wildman–Crippen LogP) is -0.194. The Balaban J connectivity index is 2.75. The molecule has 0 unspecified atom stereocenters. The monoisotopic (exact) mass is 364 g/mol. The summed E-state index contributed by atoms with van der Waals surface area (Å²) in [6.45, 7) is 4.91. The summed E-state index contributed by atoms with van der Waals surface area (Å²) in [4.78, 5) is 26.5. The molecule has 1 aliphatic heterocycles. The molecule has 1 saturated heterocycles. The van der Waals surface area contributed by atoms with Crippen LogP contribution in [0.25, 0.3) is 0 Å². The van der Waals surface area contributed by atoms with Crippen molar-refractivity contribution < 1.29 is 22.7 Å². The maximum absolute atomic E-state index is 12.8. The van der Waals surface area contributed by atoms with Crippen molar-refractivity contribution in [2.75, 3.05) is 60.0 Å². The second-order valence-corrected chi connectivity index (χ2v) is 7.64. The van der Waals surface area contributed by atoms with Gasteiger partial charge in [0.2, 0.25) is 5.91 Å². The standard InChI is InChI=1S/C14H28N4O5S/c1-5-7-18(12-13(19)15(3)4)24(21,22)17-10-8-16(9-11-17)14(20)23-6-2/h5-12H2,1-4H3. The van der Waals surface area contributed by atoms with Gasteiger partial charge in [0.1, 0.15) is 0 Å². The van der Waals surface area contributed by atoms with Gasteiger partial charge >= 0.3 is 6.09 Å². The van der Waals surface area contributed by atoms with Crippen LogP contribution in [0.4, 0.5) is 4.79 Å². The fourth-order valence-corrected chi connectivity index (χ4v) is 3.94. The van der Waals surface area contributed by atoms with Gasteiger partial charge in [-0.15, -0.1) is 0 Å². The minimum absolute atomic E-state index is 0.179. The van der Waals surface area contributed by atoms with E-state index in [1.165, 1.54) is 18.4 Å². The van der Waals surface area contributed by atoms with Crippen LogP contribution in [0.5, 0.6) is 0 Å². The van der Waals surface area contributed by atoms with Gasteiger partial charge in [-0.1, -0.05) is 6.92 Å². The van der Waals surface area contributed by atoms with Gasteiger partial charge in [-0.2, -0.15) is 17.0 Å². The molecular weight excluding hydrogens is 336 g/mol. The van der Waals surface area contributed by atoms with Gasteiger partial charge in [-0.05, 0) is 13.3 Å². The Bertz CT molecular complexity index is 529. The van der Waals surface area contributed by atoms with E-state index in [9.17, 15) is 18.0 Å². The summed E-state index contributed by atoms with van der Waals surface area (Å²) in [5, 5.41) is 0. The van der Waals surface area contributed by atoms with E-state index < -0.39 is 16.3 Å². The van der Waals surface area contributed by atoms with Crippen LogP contribution in [-0.4, -0.2) is 98.8 Å². The zero-order valence-corrected chi connectivity index (χ0v) is 15.7. The number of piperazine rings is 1. The second kappa shape index (κ2) is 9.19. The minimum atomic E-state index is -3.74. The summed E-state index contributed by atoms with van der Waals surface area (Å²) in [6, 6.07) is 0. The van der Waals surface area contributed by atoms with Crippen molar-refractivity contribution in [1.29, 1.82) is 0 Å². The fourth-order valence-electron chi connectivity index (χ4n) is 2.30. The molecule has 1 fully saturated rings. The molecule has 0 aromatic rings. The summed E-state index contributed by atoms with van der Waals surface area (Å²) >= 11 is 0. The van der Waals surface area contributed by atoms with Crippen LogP contribution in [0.15, 0.2) is 0 Å². The maximum atomic E-state index is 12.8. The number of nitrogens with zero attached hydrogens (tertiary/aromatic N) is 4. The molecule has 0 aliphatic carbocycles. The van der Waals surface area contributed by atoms with Crippen molar-refractivity contribution in [2.45, 2.75) is 20.3 Å². The Labute approximate surface area is 144 Å². The summed E-state index contributed by atoms with van der Waals surface area (Å²) in [7, 11) is -0.547. The van der Waals surface area contributed by atoms with Gasteiger partial charge in [-0.3, -0.25) is 4.79 Å². The molecule has 0 spiro atoms. The van der Waals surface area contributed by atoms with Crippen LogP contribution < -0.4 is 0 Å². The van der Waals surface area contributed by atoms with Gasteiger partial charge < -0.3 is 14.5 Å². The van der Waals surface area contributed by atoms with Crippen molar-refractivity contribution in [3.63, 3.8) is 0 Å². The van der Waals surface area contributed by atoms with E-state index in [0.717, 1.165) is 0 Å². The number of likely N-dealkylation sites (N-methyl/N-ethyl adjacent to an activating group) is 1. The number of hydrogen-bond acceptors (Lipinski definition) is 5. The molecule has 140 valence electrons. The third kappa shape index (κ3) is 5.32. The number of hydrogen-bond donors (Lipinski definition) is 0. The first-order chi connectivity index (χ1) is 11.2. The predicted molar refractivity (Wildman–Crippen MR) is 89.6 cm³/mol. The van der Waals surface area contributed by atoms with Crippen molar-refractivity contribution in [2.24, 2.45) is 0 Å². The van der Waals surface area contributed by atoms with Gasteiger partial charge in [0.25, 0.3) is 10.2 Å². The molecule has 1 heterocycles. The first-order valence-corrected chi connectivity index (χ1v) is 9.50. The van der Waals surface area contributed by atoms with E-state index in [0.29, 0.717) is 6.42 Å². The highest BCUT2D eigenvalue weighted by Gasteiger charge is 2.34. The van der Waals surface area contributed by atoms with Gasteiger partial charge in [-0.25, -0.2) is 4.79 Å². The van der Waals surface area contributed by atoms with Crippen LogP contribution in [-0.2, 0) is 19.7 Å². The number of amides is 2. The molecule has 0 atom stereocenters. The van der Waals surface area contributed by atoms with Crippen molar-refractivity contribution >= 4 is 22.2 Å². The Morgan fingerprint density at radius 3 is 2.12 bits per heavy atom. The van der Waals surface area contributed by atoms with E-state index in [1.807, 2.05) is 6.92 Å². The van der Waals surface area contributed by atoms with Gasteiger partial charge in [0.15, 0.2) is 0 Å². The van der Waals surface area contributed by atoms with Crippen LogP contribution in [0, 0.1) is 0 Å². The van der Waals surface area contributed by atoms with Crippen molar-refractivity contribution in [3.05, 3.63) is 0 Å². The Morgan fingerprint density at radius 2 is 1.67 bits per heavy atom. The highest BCUT2D eigenvalue weighted by atomic mass is 32.2. The quantitative estimate of drug-likeness (QED) is 0.624. The van der Waals surface area contributed by atoms with E-state index in [1.54, 1.807) is 21.0 Å². The molecule has 0 bridgehead atoms. The molecule has 1 rings (SSSR count). The summed E-state index contributed by atoms with van der Waals surface area (Å²) in [5.41, 5.74) is 0. The van der Waals surface area contributed by atoms with E-state index in [2.05, 4.69) is 0 Å². The van der Waals surface area contributed by atoms with Crippen LogP contribution in [0.1, 0.15) is 20.3 Å². The first kappa shape index (κ1) is 20.7. The number of carbonyl (C=O) groups is 2. The molecule has 0 N–H and O–H groups in total. The second-order valence-electron chi connectivity index (χ2n) is 5.71. The molecule has 9 nitrogen and oxygen atoms in total. The number of carbonyl (C=O) groups excluding carboxylic acids is 2. The molecule has 2 amide bonds. The minimum Gasteiger partial charge on any atom is -0.450 e. The zero-order chi connectivity index (χ0) is 18.3. The third-order valence-electron chi connectivity index (χ3n) is 3.70. The van der Waals surface area contributed by atoms with Crippen molar-refractivity contribution in [3.8, 4) is 0 Å². The topological polar surface area (TPSA) is 90.5 Å². The average molecular weight is 364 g/mol. The molecule has 24 heavy (non-hydrogen) atoms. The van der Waals surface area contributed by atoms with Crippen LogP contribution in [0.3, 0.4) is 0 Å². The summed E-state index contributed by atoms with van der Waals surface area (Å²) in [6.07, 6.45) is 0.186. The van der Waals surface area contributed by atoms with Crippen LogP contribution in [0.2, 0.25) is 0 Å². The smallest absolute Gasteiger partial charge is 0.409 e. The summed E-state index contributed by atoms with van der Waals surface area (Å²) in [5.74, 6) is -0.266. The number of rotatable bonds is 7. The molecule has 10 heteroatoms. The molecule has 0 radical (unpaired) electrons. The number of ether oxygens (including phenoxy) is 1. The van der Waals surface area contributed by atoms with Gasteiger partial charge in [0.05, 0.1) is 13.2 Å². The maximum Gasteiger partial charge on any atom is 0.409 e. The molecule has 0 saturated carbocycles. The SMILES string of the molecule is CCCN(CC(=O)N(C)C)S(=O)(=O)N1CCN(C(=O)OCC)CC1. The Kier molecular flexibility index (Phi) is 7.91. The van der Waals surface area contributed by atoms with Gasteiger partial charge in [0, 0.05) is 46.8 Å². The Morgan fingerprint density at radius 1 is 1.08 bits per heavy atom. The lowest BCUT2D eigenvalue weighted by molar-refractivity contribution is -0.128. The first-order valence-electron chi connectivity index (χ1n) is 8.11. The lowest BCUT2D eigenvalue weighted by Crippen LogP contribution is -2.55. The largest absolute Gasteiger partial charge is 0.450 e. The fraction of sp³-hybridized carbons (Fsp3) is 0.857. The van der Waals surface area contributed by atoms with Crippen molar-refractivity contribution in [1.82, 2.24) is 18.4 Å². The third-order valence-corrected chi connectivity index (χ3v) is 5.68. The summed E-state index contributed by atoms with van der Waals surface area (Å²) < 4.78 is 33.0. The Hall–Kier alpha value is -1.39. The van der Waals surface area contributed by atoms with E-state index >= 15 is 0 Å². The molecule has 0 aromatic heterocycles. The van der Waals surface area contributed by atoms with E-state index in [4.69, 9.17) is 4.74 Å². The highest BCUT2D eigenvalue weighted by Crippen LogP contribution is 2.14. The van der Waals surface area contributed by atoms with E-state index in [-0.39, 0.29) is 51.8 Å². The normalized spacial score (nSPS) is 16.3. The average Bonchev–Trinajstić information content (AvgIpc) is 2.54. The molecule has 0 aromatic carbocycles. The van der Waals surface area contributed by atoms with Crippen LogP contribution >= 0.6 is 0 Å².